The van der Waals surface area contributed by atoms with Crippen molar-refractivity contribution in [3.63, 3.8) is 0 Å². The average molecular weight is 455 g/mol. The van der Waals surface area contributed by atoms with E-state index in [1.165, 1.54) is 0 Å². The van der Waals surface area contributed by atoms with Crippen LogP contribution in [0.3, 0.4) is 0 Å². The predicted molar refractivity (Wildman–Crippen MR) is 112 cm³/mol. The molecule has 0 aliphatic carbocycles. The van der Waals surface area contributed by atoms with Crippen molar-refractivity contribution in [2.24, 2.45) is 5.10 Å². The van der Waals surface area contributed by atoms with E-state index in [0.717, 1.165) is 14.4 Å². The molecule has 0 aliphatic heterocycles. The number of nitrogens with one attached hydrogen (secondary N) is 1. The molecule has 1 heterocycles. The maximum Gasteiger partial charge on any atom is 0.271 e. The van der Waals surface area contributed by atoms with Gasteiger partial charge in [-0.2, -0.15) is 5.10 Å². The molecule has 1 aromatic carbocycles. The highest BCUT2D eigenvalue weighted by Crippen LogP contribution is 2.39. The maximum atomic E-state index is 12.6. The Morgan fingerprint density at radius 3 is 2.15 bits per heavy atom. The minimum atomic E-state index is -0.352. The lowest BCUT2D eigenvalue weighted by atomic mass is 10.1. The Kier molecular flexibility index (Phi) is 8.12. The van der Waals surface area contributed by atoms with Crippen LogP contribution in [0.5, 0.6) is 17.2 Å². The fourth-order valence-electron chi connectivity index (χ4n) is 2.28. The summed E-state index contributed by atoms with van der Waals surface area (Å²) in [7, 11) is 0. The Labute approximate surface area is 171 Å². The molecule has 0 fully saturated rings. The zero-order valence-electron chi connectivity index (χ0n) is 15.8. The fraction of sp³-hybridized carbons (Fsp3) is 0.368. The third kappa shape index (κ3) is 5.71. The summed E-state index contributed by atoms with van der Waals surface area (Å²) < 4.78 is 17.9. The molecule has 2 aromatic rings. The van der Waals surface area contributed by atoms with E-state index < -0.39 is 0 Å². The predicted octanol–water partition coefficient (Wildman–Crippen LogP) is 4.86. The van der Waals surface area contributed by atoms with E-state index in [1.807, 2.05) is 39.8 Å². The van der Waals surface area contributed by atoms with E-state index >= 15 is 0 Å². The quantitative estimate of drug-likeness (QED) is 0.433. The van der Waals surface area contributed by atoms with E-state index in [9.17, 15) is 4.79 Å². The number of hydrogen-bond donors (Lipinski definition) is 1. The van der Waals surface area contributed by atoms with Crippen LogP contribution in [-0.2, 0) is 0 Å². The molecule has 27 heavy (non-hydrogen) atoms. The molecule has 1 N–H and O–H groups in total. The number of hydrogen-bond acceptors (Lipinski definition) is 6. The molecule has 0 saturated carbocycles. The molecule has 0 bridgehead atoms. The number of carbonyl (C=O) groups is 1. The number of halogens is 1. The molecule has 146 valence electrons. The lowest BCUT2D eigenvalue weighted by molar-refractivity contribution is 0.0953. The molecule has 1 aromatic heterocycles. The van der Waals surface area contributed by atoms with Crippen molar-refractivity contribution in [3.05, 3.63) is 38.5 Å². The SMILES string of the molecule is CCOc1cc(C(=O)NN=C(C)c2ccc(Br)s2)cc(OCC)c1OCC. The molecular weight excluding hydrogens is 432 g/mol. The highest BCUT2D eigenvalue weighted by Gasteiger charge is 2.18. The summed E-state index contributed by atoms with van der Waals surface area (Å²) in [6.07, 6.45) is 0. The van der Waals surface area contributed by atoms with Gasteiger partial charge in [0.15, 0.2) is 11.5 Å². The average Bonchev–Trinajstić information content (AvgIpc) is 3.08. The first-order valence-electron chi connectivity index (χ1n) is 8.66. The van der Waals surface area contributed by atoms with Crippen LogP contribution in [0.25, 0.3) is 0 Å². The van der Waals surface area contributed by atoms with E-state index in [2.05, 4.69) is 26.5 Å². The van der Waals surface area contributed by atoms with Crippen LogP contribution in [0.15, 0.2) is 33.2 Å². The number of hydrazone groups is 1. The number of amides is 1. The molecular formula is C19H23BrN2O4S. The molecule has 0 radical (unpaired) electrons. The Balaban J connectivity index is 2.28. The van der Waals surface area contributed by atoms with Gasteiger partial charge in [-0.3, -0.25) is 4.79 Å². The van der Waals surface area contributed by atoms with E-state index in [-0.39, 0.29) is 5.91 Å². The zero-order chi connectivity index (χ0) is 19.8. The topological polar surface area (TPSA) is 69.2 Å². The van der Waals surface area contributed by atoms with Crippen molar-refractivity contribution in [1.29, 1.82) is 0 Å². The van der Waals surface area contributed by atoms with Crippen LogP contribution in [0.1, 0.15) is 42.9 Å². The van der Waals surface area contributed by atoms with Crippen LogP contribution in [-0.4, -0.2) is 31.4 Å². The van der Waals surface area contributed by atoms with Gasteiger partial charge in [0.25, 0.3) is 5.91 Å². The lowest BCUT2D eigenvalue weighted by Crippen LogP contribution is -2.19. The summed E-state index contributed by atoms with van der Waals surface area (Å²) in [5.41, 5.74) is 3.69. The van der Waals surface area contributed by atoms with Crippen molar-refractivity contribution < 1.29 is 19.0 Å². The Morgan fingerprint density at radius 1 is 1.07 bits per heavy atom. The molecule has 6 nitrogen and oxygen atoms in total. The summed E-state index contributed by atoms with van der Waals surface area (Å²) in [4.78, 5) is 13.6. The van der Waals surface area contributed by atoms with Crippen LogP contribution in [0, 0.1) is 0 Å². The monoisotopic (exact) mass is 454 g/mol. The van der Waals surface area contributed by atoms with E-state index in [4.69, 9.17) is 14.2 Å². The van der Waals surface area contributed by atoms with Gasteiger partial charge in [-0.25, -0.2) is 5.43 Å². The summed E-state index contributed by atoms with van der Waals surface area (Å²) in [5, 5.41) is 4.19. The van der Waals surface area contributed by atoms with Crippen molar-refractivity contribution in [1.82, 2.24) is 5.43 Å². The molecule has 1 amide bonds. The van der Waals surface area contributed by atoms with Crippen molar-refractivity contribution >= 4 is 38.9 Å². The summed E-state index contributed by atoms with van der Waals surface area (Å²) in [5.74, 6) is 1.09. The van der Waals surface area contributed by atoms with Gasteiger partial charge in [-0.15, -0.1) is 11.3 Å². The molecule has 8 heteroatoms. The van der Waals surface area contributed by atoms with Gasteiger partial charge in [0.2, 0.25) is 5.75 Å². The maximum absolute atomic E-state index is 12.6. The van der Waals surface area contributed by atoms with Gasteiger partial charge < -0.3 is 14.2 Å². The molecule has 0 aliphatic rings. The second-order valence-electron chi connectivity index (χ2n) is 5.34. The lowest BCUT2D eigenvalue weighted by Gasteiger charge is -2.16. The van der Waals surface area contributed by atoms with Crippen LogP contribution in [0.4, 0.5) is 0 Å². The minimum Gasteiger partial charge on any atom is -0.490 e. The highest BCUT2D eigenvalue weighted by atomic mass is 79.9. The summed E-state index contributed by atoms with van der Waals surface area (Å²) in [6, 6.07) is 7.16. The number of thiophene rings is 1. The Hall–Kier alpha value is -2.06. The first kappa shape index (κ1) is 21.2. The molecule has 0 atom stereocenters. The number of rotatable bonds is 9. The van der Waals surface area contributed by atoms with Gasteiger partial charge in [0.1, 0.15) is 0 Å². The minimum absolute atomic E-state index is 0.352. The molecule has 2 rings (SSSR count). The second kappa shape index (κ2) is 10.3. The fourth-order valence-corrected chi connectivity index (χ4v) is 3.61. The van der Waals surface area contributed by atoms with Gasteiger partial charge in [-0.1, -0.05) is 0 Å². The van der Waals surface area contributed by atoms with Crippen molar-refractivity contribution in [3.8, 4) is 17.2 Å². The van der Waals surface area contributed by atoms with E-state index in [0.29, 0.717) is 42.6 Å². The molecule has 0 unspecified atom stereocenters. The number of carbonyl (C=O) groups excluding carboxylic acids is 1. The first-order valence-corrected chi connectivity index (χ1v) is 10.3. The van der Waals surface area contributed by atoms with Gasteiger partial charge in [0.05, 0.1) is 34.2 Å². The largest absolute Gasteiger partial charge is 0.490 e. The van der Waals surface area contributed by atoms with Gasteiger partial charge in [-0.05, 0) is 67.9 Å². The van der Waals surface area contributed by atoms with Gasteiger partial charge in [0, 0.05) is 5.56 Å². The zero-order valence-corrected chi connectivity index (χ0v) is 18.2. The number of nitrogens with zero attached hydrogens (tertiary/aromatic N) is 1. The first-order chi connectivity index (χ1) is 13.0. The molecule has 0 spiro atoms. The smallest absolute Gasteiger partial charge is 0.271 e. The summed E-state index contributed by atoms with van der Waals surface area (Å²) >= 11 is 4.97. The number of ether oxygens (including phenoxy) is 3. The van der Waals surface area contributed by atoms with Crippen LogP contribution >= 0.6 is 27.3 Å². The Bertz CT molecular complexity index is 793. The van der Waals surface area contributed by atoms with Crippen LogP contribution < -0.4 is 19.6 Å². The standard InChI is InChI=1S/C19H23BrN2O4S/c1-5-24-14-10-13(11-15(25-6-2)18(14)26-7-3)19(23)22-21-12(4)16-8-9-17(20)27-16/h8-11H,5-7H2,1-4H3,(H,22,23). The second-order valence-corrected chi connectivity index (χ2v) is 7.81. The van der Waals surface area contributed by atoms with Crippen molar-refractivity contribution in [2.75, 3.05) is 19.8 Å². The van der Waals surface area contributed by atoms with Gasteiger partial charge >= 0.3 is 0 Å². The third-order valence-corrected chi connectivity index (χ3v) is 5.16. The highest BCUT2D eigenvalue weighted by molar-refractivity contribution is 9.11. The van der Waals surface area contributed by atoms with E-state index in [1.54, 1.807) is 23.5 Å². The number of benzene rings is 1. The van der Waals surface area contributed by atoms with Crippen LogP contribution in [0.2, 0.25) is 0 Å². The third-order valence-electron chi connectivity index (χ3n) is 3.43. The normalized spacial score (nSPS) is 11.2. The summed E-state index contributed by atoms with van der Waals surface area (Å²) in [6.45, 7) is 8.82. The van der Waals surface area contributed by atoms with Crippen molar-refractivity contribution in [2.45, 2.75) is 27.7 Å². The Morgan fingerprint density at radius 2 is 1.67 bits per heavy atom. The molecule has 0 saturated heterocycles.